The van der Waals surface area contributed by atoms with E-state index in [1.54, 1.807) is 65.8 Å². The normalized spacial score (nSPS) is 20.5. The molecule has 10 atom stereocenters. The molecule has 2 amide bonds. The SMILES string of the molecule is CC(C)(C)[Si](C)(C)O[C@@H]1[C@H](NC(c2ccccc2)(c2ccccc2)c2ccccc2)[C@@H](COP(=S)(N[C@H]2[C@@H](O[Si](C)(C)C(C)(C)C)[C@H](n3cnc4c(NC(=O)c5ccccc5)ncnc43)O[C@@H]2CO[P+](=S)OCCC#N)OCCC#N)O[C@H]1n1cnc2c(NC(=O)c3ccccc3)ncnc21. The maximum absolute atomic E-state index is 13.8. The molecule has 2 aliphatic rings. The molecule has 6 heterocycles. The average Bonchev–Trinajstić information content (AvgIpc) is 1.72. The second kappa shape index (κ2) is 31.9. The maximum Gasteiger partial charge on any atom is 0.521 e. The van der Waals surface area contributed by atoms with Gasteiger partial charge in [0.15, 0.2) is 63.1 Å². The molecule has 30 heteroatoms. The molecule has 2 saturated heterocycles. The number of ether oxygens (including phenoxy) is 2. The number of imidazole rings is 2. The van der Waals surface area contributed by atoms with Gasteiger partial charge in [0, 0.05) is 11.1 Å². The summed E-state index contributed by atoms with van der Waals surface area (Å²) >= 11 is 12.5. The zero-order valence-corrected chi connectivity index (χ0v) is 63.3. The van der Waals surface area contributed by atoms with Gasteiger partial charge in [-0.05, 0) is 89.0 Å². The molecule has 0 radical (unpaired) electrons. The summed E-state index contributed by atoms with van der Waals surface area (Å²) in [5.74, 6) is -0.426. The van der Waals surface area contributed by atoms with Crippen LogP contribution in [0.25, 0.3) is 22.3 Å². The zero-order chi connectivity index (χ0) is 71.7. The van der Waals surface area contributed by atoms with E-state index >= 15 is 0 Å². The Hall–Kier alpha value is -7.68. The molecular formula is C71H83N14O10P2S2Si2+. The first-order chi connectivity index (χ1) is 48.3. The van der Waals surface area contributed by atoms with Gasteiger partial charge in [0.2, 0.25) is 11.8 Å². The number of fused-ring (bicyclic) bond motifs is 2. The van der Waals surface area contributed by atoms with Crippen molar-refractivity contribution in [3.8, 4) is 12.1 Å². The first kappa shape index (κ1) is 74.5. The van der Waals surface area contributed by atoms with Crippen LogP contribution in [0.5, 0.6) is 0 Å². The van der Waals surface area contributed by atoms with E-state index in [4.69, 9.17) is 80.0 Å². The quantitative estimate of drug-likeness (QED) is 0.0147. The number of benzene rings is 5. The molecule has 526 valence electrons. The van der Waals surface area contributed by atoms with Crippen LogP contribution in [0, 0.1) is 22.7 Å². The number of amides is 2. The van der Waals surface area contributed by atoms with E-state index in [0.29, 0.717) is 27.9 Å². The number of aromatic nitrogens is 8. The fourth-order valence-corrected chi connectivity index (χ4v) is 17.6. The molecule has 0 spiro atoms. The minimum Gasteiger partial charge on any atom is -0.408 e. The average molecular weight is 1470 g/mol. The molecule has 4 aromatic heterocycles. The summed E-state index contributed by atoms with van der Waals surface area (Å²) in [5.41, 5.74) is 3.72. The fourth-order valence-electron chi connectivity index (χ4n) is 11.7. The van der Waals surface area contributed by atoms with E-state index < -0.39 is 90.8 Å². The highest BCUT2D eigenvalue weighted by Gasteiger charge is 2.57. The summed E-state index contributed by atoms with van der Waals surface area (Å²) in [6.45, 7) is 17.0. The standard InChI is InChI=1S/C71H82N14O10P2S2Si2/c1-69(2,3)100(7,8)94-59-55(82-71(50-32-20-13-21-33-50,51-34-22-14-23-35-51)52-36-24-15-25-37-52)54(93-67(59)84-46-78-57-61(74-44-76-63(57)84)80-65(86)48-28-16-11-17-29-48)43-91-97(99,90-41-27-39-73)83-56-53(42-89-96(98)88-40-26-38-72)92-68(60(56)95-101(9,10)70(4,5)6)85-47-79-58-62(75-45-77-64(58)85)81-66(87)49-30-18-12-19-31-49/h11-25,28-37,44-47,53-56,59-60,67-68,82H,26-27,40-43H2,1-10H3,(H2-,74,75,76,77,80,81,83,86,87,99)/p+1/t53-,54-,55-,56-,59-,60-,67-,68-,97?/m1/s1. The highest BCUT2D eigenvalue weighted by atomic mass is 32.5. The van der Waals surface area contributed by atoms with Crippen molar-refractivity contribution in [1.29, 1.82) is 10.5 Å². The summed E-state index contributed by atoms with van der Waals surface area (Å²) < 4.78 is 60.1. The lowest BCUT2D eigenvalue weighted by molar-refractivity contribution is -0.0443. The third kappa shape index (κ3) is 16.7. The van der Waals surface area contributed by atoms with Crippen molar-refractivity contribution in [3.05, 3.63) is 205 Å². The van der Waals surface area contributed by atoms with Crippen LogP contribution in [0.1, 0.15) is 104 Å². The van der Waals surface area contributed by atoms with Gasteiger partial charge >= 0.3 is 7.15 Å². The first-order valence-electron chi connectivity index (χ1n) is 33.2. The largest absolute Gasteiger partial charge is 0.521 e. The Balaban J connectivity index is 1.05. The van der Waals surface area contributed by atoms with Gasteiger partial charge in [-0.25, -0.2) is 35.0 Å². The van der Waals surface area contributed by atoms with Crippen LogP contribution in [0.2, 0.25) is 36.3 Å². The second-order valence-corrected chi connectivity index (χ2v) is 42.1. The molecule has 5 aromatic carbocycles. The van der Waals surface area contributed by atoms with Gasteiger partial charge in [0.05, 0.1) is 68.5 Å². The van der Waals surface area contributed by atoms with Crippen LogP contribution in [0.15, 0.2) is 177 Å². The van der Waals surface area contributed by atoms with Crippen molar-refractivity contribution >= 4 is 99.8 Å². The van der Waals surface area contributed by atoms with E-state index in [2.05, 4.69) is 147 Å². The molecule has 2 aliphatic heterocycles. The molecule has 0 aliphatic carbocycles. The molecule has 101 heavy (non-hydrogen) atoms. The monoisotopic (exact) mass is 1470 g/mol. The number of carbonyl (C=O) groups excluding carboxylic acids is 2. The molecule has 2 fully saturated rings. The van der Waals surface area contributed by atoms with Gasteiger partial charge in [-0.2, -0.15) is 10.5 Å². The Kier molecular flexibility index (Phi) is 23.5. The minimum absolute atomic E-state index is 0.0492. The van der Waals surface area contributed by atoms with Crippen molar-refractivity contribution in [2.45, 2.75) is 145 Å². The molecule has 0 bridgehead atoms. The van der Waals surface area contributed by atoms with Crippen LogP contribution in [-0.4, -0.2) is 130 Å². The number of nitrogens with one attached hydrogen (secondary N) is 4. The molecule has 0 saturated carbocycles. The van der Waals surface area contributed by atoms with Crippen LogP contribution in [-0.2, 0) is 65.6 Å². The predicted molar refractivity (Wildman–Crippen MR) is 397 cm³/mol. The Morgan fingerprint density at radius 3 is 1.40 bits per heavy atom. The summed E-state index contributed by atoms with van der Waals surface area (Å²) in [6.07, 6.45) is 0.157. The number of nitriles is 2. The second-order valence-electron chi connectivity index (χ2n) is 27.5. The Morgan fingerprint density at radius 1 is 0.564 bits per heavy atom. The van der Waals surface area contributed by atoms with Crippen LogP contribution < -0.4 is 21.0 Å². The number of hydrogen-bond donors (Lipinski definition) is 4. The summed E-state index contributed by atoms with van der Waals surface area (Å²) in [6, 6.07) is 50.8. The molecule has 9 aromatic rings. The van der Waals surface area contributed by atoms with Gasteiger partial charge in [-0.3, -0.25) is 24.0 Å². The molecule has 2 unspecified atom stereocenters. The van der Waals surface area contributed by atoms with E-state index in [1.807, 2.05) is 71.3 Å². The van der Waals surface area contributed by atoms with Crippen molar-refractivity contribution in [2.24, 2.45) is 0 Å². The highest BCUT2D eigenvalue weighted by Crippen LogP contribution is 2.52. The lowest BCUT2D eigenvalue weighted by atomic mass is 9.76. The van der Waals surface area contributed by atoms with E-state index in [0.717, 1.165) is 16.7 Å². The van der Waals surface area contributed by atoms with Gasteiger partial charge < -0.3 is 38.0 Å². The van der Waals surface area contributed by atoms with Crippen LogP contribution in [0.3, 0.4) is 0 Å². The number of hydrogen-bond acceptors (Lipinski definition) is 21. The number of anilines is 2. The third-order valence-electron chi connectivity index (χ3n) is 18.9. The van der Waals surface area contributed by atoms with Crippen LogP contribution in [0.4, 0.5) is 11.6 Å². The van der Waals surface area contributed by atoms with Gasteiger partial charge in [-0.15, -0.1) is 9.05 Å². The number of carbonyl (C=O) groups is 2. The first-order valence-corrected chi connectivity index (χ1v) is 43.8. The predicted octanol–water partition coefficient (Wildman–Crippen LogP) is 13.5. The van der Waals surface area contributed by atoms with Crippen molar-refractivity contribution in [1.82, 2.24) is 49.4 Å². The van der Waals surface area contributed by atoms with Gasteiger partial charge in [0.25, 0.3) is 18.5 Å². The van der Waals surface area contributed by atoms with E-state index in [1.165, 1.54) is 12.7 Å². The zero-order valence-electron chi connectivity index (χ0n) is 57.9. The van der Waals surface area contributed by atoms with Crippen molar-refractivity contribution in [3.63, 3.8) is 0 Å². The third-order valence-corrected chi connectivity index (χ3v) is 31.8. The van der Waals surface area contributed by atoms with Gasteiger partial charge in [0.1, 0.15) is 50.3 Å². The number of rotatable bonds is 29. The molecule has 11 rings (SSSR count). The Bertz CT molecular complexity index is 4400. The van der Waals surface area contributed by atoms with E-state index in [9.17, 15) is 20.1 Å². The summed E-state index contributed by atoms with van der Waals surface area (Å²) in [7, 11) is -7.70. The highest BCUT2D eigenvalue weighted by molar-refractivity contribution is 8.09. The summed E-state index contributed by atoms with van der Waals surface area (Å²) in [5, 5.41) is 32.7. The van der Waals surface area contributed by atoms with Gasteiger partial charge in [-0.1, -0.05) is 169 Å². The molecule has 4 N–H and O–H groups in total. The topological polar surface area (TPSA) is 291 Å². The van der Waals surface area contributed by atoms with Crippen molar-refractivity contribution < 1.29 is 46.0 Å². The Morgan fingerprint density at radius 2 is 0.970 bits per heavy atom. The molecule has 24 nitrogen and oxygen atoms in total. The van der Waals surface area contributed by atoms with E-state index in [-0.39, 0.29) is 72.4 Å². The van der Waals surface area contributed by atoms with Crippen molar-refractivity contribution in [2.75, 3.05) is 37.1 Å². The number of nitrogens with zero attached hydrogens (tertiary/aromatic N) is 10. The summed E-state index contributed by atoms with van der Waals surface area (Å²) in [4.78, 5) is 55.7. The lowest BCUT2D eigenvalue weighted by Gasteiger charge is -2.44. The van der Waals surface area contributed by atoms with Crippen LogP contribution >= 0.6 is 13.8 Å². The lowest BCUT2D eigenvalue weighted by Crippen LogP contribution is -2.59. The molecular weight excluding hydrogens is 1390 g/mol. The minimum atomic E-state index is -3.98. The fraction of sp³-hybridized carbons (Fsp3) is 0.380. The smallest absolute Gasteiger partial charge is 0.408 e. The maximum atomic E-state index is 13.8. The Labute approximate surface area is 601 Å².